The number of carbonyl (C=O) groups excluding carboxylic acids is 1. The summed E-state index contributed by atoms with van der Waals surface area (Å²) in [6.07, 6.45) is 2.22. The molecule has 1 unspecified atom stereocenters. The molecule has 14 heavy (non-hydrogen) atoms. The Labute approximate surface area is 94.4 Å². The van der Waals surface area contributed by atoms with Gasteiger partial charge in [-0.15, -0.1) is 23.4 Å². The molecule has 2 rings (SSSR count). The fourth-order valence-electron chi connectivity index (χ4n) is 2.12. The first-order valence-electron chi connectivity index (χ1n) is 5.15. The van der Waals surface area contributed by atoms with Gasteiger partial charge in [0.1, 0.15) is 0 Å². The van der Waals surface area contributed by atoms with Crippen LogP contribution in [0, 0.1) is 5.92 Å². The number of likely N-dealkylation sites (tertiary alicyclic amines) is 1. The van der Waals surface area contributed by atoms with Gasteiger partial charge in [0.15, 0.2) is 0 Å². The van der Waals surface area contributed by atoms with Crippen molar-refractivity contribution < 1.29 is 4.79 Å². The molecule has 2 aliphatic rings. The Hall–Kier alpha value is 0.110. The fourth-order valence-corrected chi connectivity index (χ4v) is 3.59. The van der Waals surface area contributed by atoms with E-state index in [4.69, 9.17) is 11.6 Å². The smallest absolute Gasteiger partial charge is 0.238 e. The van der Waals surface area contributed by atoms with Crippen molar-refractivity contribution in [3.8, 4) is 0 Å². The summed E-state index contributed by atoms with van der Waals surface area (Å²) in [6, 6.07) is 0. The largest absolute Gasteiger partial charge is 0.341 e. The van der Waals surface area contributed by atoms with Crippen LogP contribution < -0.4 is 0 Å². The van der Waals surface area contributed by atoms with Crippen LogP contribution in [-0.4, -0.2) is 40.3 Å². The molecule has 0 radical (unpaired) electrons. The minimum absolute atomic E-state index is 0.128. The van der Waals surface area contributed by atoms with Gasteiger partial charge in [0.2, 0.25) is 5.91 Å². The minimum atomic E-state index is -0.128. The average molecular weight is 234 g/mol. The lowest BCUT2D eigenvalue weighted by molar-refractivity contribution is -0.139. The summed E-state index contributed by atoms with van der Waals surface area (Å²) in [5.41, 5.74) is 0. The maximum absolute atomic E-state index is 12.1. The number of halogens is 1. The molecular weight excluding hydrogens is 218 g/mol. The van der Waals surface area contributed by atoms with Crippen molar-refractivity contribution in [2.45, 2.75) is 24.5 Å². The first-order valence-corrected chi connectivity index (χ1v) is 6.67. The third-order valence-electron chi connectivity index (χ3n) is 3.13. The standard InChI is InChI=1S/C10H16ClNOS/c1-10(3-2-4-14-10)9(13)12-6-8(5-11)7-12/h8H,2-7H2,1H3. The molecule has 80 valence electrons. The summed E-state index contributed by atoms with van der Waals surface area (Å²) in [5, 5.41) is 0. The number of hydrogen-bond donors (Lipinski definition) is 0. The third kappa shape index (κ3) is 1.76. The van der Waals surface area contributed by atoms with E-state index in [1.54, 1.807) is 0 Å². The van der Waals surface area contributed by atoms with Gasteiger partial charge in [-0.3, -0.25) is 4.79 Å². The number of alkyl halides is 1. The van der Waals surface area contributed by atoms with Crippen molar-refractivity contribution in [1.29, 1.82) is 0 Å². The number of nitrogens with zero attached hydrogens (tertiary/aromatic N) is 1. The van der Waals surface area contributed by atoms with Gasteiger partial charge in [0.25, 0.3) is 0 Å². The van der Waals surface area contributed by atoms with Gasteiger partial charge in [-0.2, -0.15) is 0 Å². The number of carbonyl (C=O) groups is 1. The molecule has 0 bridgehead atoms. The minimum Gasteiger partial charge on any atom is -0.341 e. The first-order chi connectivity index (χ1) is 6.65. The van der Waals surface area contributed by atoms with E-state index in [1.807, 2.05) is 16.7 Å². The molecule has 2 heterocycles. The number of rotatable bonds is 2. The molecule has 0 saturated carbocycles. The molecular formula is C10H16ClNOS. The predicted molar refractivity (Wildman–Crippen MR) is 60.9 cm³/mol. The maximum atomic E-state index is 12.1. The third-order valence-corrected chi connectivity index (χ3v) is 5.08. The van der Waals surface area contributed by atoms with E-state index < -0.39 is 0 Å². The van der Waals surface area contributed by atoms with Gasteiger partial charge < -0.3 is 4.90 Å². The van der Waals surface area contributed by atoms with Crippen molar-refractivity contribution in [3.05, 3.63) is 0 Å². The maximum Gasteiger partial charge on any atom is 0.238 e. The fraction of sp³-hybridized carbons (Fsp3) is 0.900. The van der Waals surface area contributed by atoms with Gasteiger partial charge in [-0.25, -0.2) is 0 Å². The normalized spacial score (nSPS) is 33.1. The van der Waals surface area contributed by atoms with Crippen molar-refractivity contribution in [2.24, 2.45) is 5.92 Å². The highest BCUT2D eigenvalue weighted by atomic mass is 35.5. The summed E-state index contributed by atoms with van der Waals surface area (Å²) >= 11 is 7.54. The molecule has 1 atom stereocenters. The second-order valence-corrected chi connectivity index (χ2v) is 6.32. The van der Waals surface area contributed by atoms with Crippen LogP contribution in [0.25, 0.3) is 0 Å². The molecule has 0 aromatic heterocycles. The zero-order valence-electron chi connectivity index (χ0n) is 8.46. The van der Waals surface area contributed by atoms with Crippen LogP contribution in [0.1, 0.15) is 19.8 Å². The van der Waals surface area contributed by atoms with Crippen LogP contribution in [0.4, 0.5) is 0 Å². The average Bonchev–Trinajstić information content (AvgIpc) is 2.51. The summed E-state index contributed by atoms with van der Waals surface area (Å²) in [5.74, 6) is 2.69. The quantitative estimate of drug-likeness (QED) is 0.680. The Balaban J connectivity index is 1.90. The van der Waals surface area contributed by atoms with Crippen LogP contribution in [0.15, 0.2) is 0 Å². The van der Waals surface area contributed by atoms with E-state index in [0.29, 0.717) is 17.7 Å². The van der Waals surface area contributed by atoms with Gasteiger partial charge in [0.05, 0.1) is 4.75 Å². The van der Waals surface area contributed by atoms with Crippen molar-refractivity contribution in [3.63, 3.8) is 0 Å². The number of hydrogen-bond acceptors (Lipinski definition) is 2. The Morgan fingerprint density at radius 2 is 2.36 bits per heavy atom. The molecule has 4 heteroatoms. The van der Waals surface area contributed by atoms with E-state index in [-0.39, 0.29) is 4.75 Å². The zero-order chi connectivity index (χ0) is 10.2. The highest BCUT2D eigenvalue weighted by Gasteiger charge is 2.43. The summed E-state index contributed by atoms with van der Waals surface area (Å²) in [7, 11) is 0. The summed E-state index contributed by atoms with van der Waals surface area (Å²) in [4.78, 5) is 14.0. The van der Waals surface area contributed by atoms with E-state index in [9.17, 15) is 4.79 Å². The number of thioether (sulfide) groups is 1. The van der Waals surface area contributed by atoms with E-state index in [0.717, 1.165) is 25.3 Å². The van der Waals surface area contributed by atoms with Crippen LogP contribution >= 0.6 is 23.4 Å². The van der Waals surface area contributed by atoms with Crippen molar-refractivity contribution >= 4 is 29.3 Å². The van der Waals surface area contributed by atoms with Crippen LogP contribution in [-0.2, 0) is 4.79 Å². The van der Waals surface area contributed by atoms with Crippen LogP contribution in [0.2, 0.25) is 0 Å². The second-order valence-electron chi connectivity index (χ2n) is 4.41. The SMILES string of the molecule is CC1(C(=O)N2CC(CCl)C2)CCCS1. The van der Waals surface area contributed by atoms with Gasteiger partial charge >= 0.3 is 0 Å². The molecule has 0 N–H and O–H groups in total. The van der Waals surface area contributed by atoms with Crippen molar-refractivity contribution in [2.75, 3.05) is 24.7 Å². The Kier molecular flexibility index (Phi) is 2.98. The summed E-state index contributed by atoms with van der Waals surface area (Å²) in [6.45, 7) is 3.83. The zero-order valence-corrected chi connectivity index (χ0v) is 10.0. The highest BCUT2D eigenvalue weighted by Crippen LogP contribution is 2.40. The molecule has 1 amide bonds. The lowest BCUT2D eigenvalue weighted by atomic mass is 9.97. The van der Waals surface area contributed by atoms with Gasteiger partial charge in [-0.05, 0) is 25.5 Å². The molecule has 2 nitrogen and oxygen atoms in total. The van der Waals surface area contributed by atoms with Crippen LogP contribution in [0.3, 0.4) is 0 Å². The van der Waals surface area contributed by atoms with Gasteiger partial charge in [-0.1, -0.05) is 0 Å². The molecule has 0 aliphatic carbocycles. The van der Waals surface area contributed by atoms with Gasteiger partial charge in [0, 0.05) is 24.9 Å². The molecule has 0 aromatic rings. The molecule has 0 aromatic carbocycles. The molecule has 2 saturated heterocycles. The second kappa shape index (κ2) is 3.93. The molecule has 0 spiro atoms. The lowest BCUT2D eigenvalue weighted by Gasteiger charge is -2.42. The highest BCUT2D eigenvalue weighted by molar-refractivity contribution is 8.01. The summed E-state index contributed by atoms with van der Waals surface area (Å²) < 4.78 is -0.128. The monoisotopic (exact) mass is 233 g/mol. The van der Waals surface area contributed by atoms with Crippen LogP contribution in [0.5, 0.6) is 0 Å². The lowest BCUT2D eigenvalue weighted by Crippen LogP contribution is -2.56. The number of amides is 1. The Bertz CT molecular complexity index is 234. The van der Waals surface area contributed by atoms with E-state index in [1.165, 1.54) is 6.42 Å². The first kappa shape index (κ1) is 10.6. The predicted octanol–water partition coefficient (Wildman–Crippen LogP) is 1.97. The Morgan fingerprint density at radius 3 is 2.86 bits per heavy atom. The molecule has 2 fully saturated rings. The van der Waals surface area contributed by atoms with Crippen molar-refractivity contribution in [1.82, 2.24) is 4.90 Å². The Morgan fingerprint density at radius 1 is 1.64 bits per heavy atom. The van der Waals surface area contributed by atoms with E-state index >= 15 is 0 Å². The topological polar surface area (TPSA) is 20.3 Å². The van der Waals surface area contributed by atoms with E-state index in [2.05, 4.69) is 6.92 Å². The molecule has 2 aliphatic heterocycles.